The van der Waals surface area contributed by atoms with Gasteiger partial charge in [0.2, 0.25) is 0 Å². The van der Waals surface area contributed by atoms with Crippen molar-refractivity contribution in [2.45, 2.75) is 18.7 Å². The van der Waals surface area contributed by atoms with Crippen LogP contribution in [0.1, 0.15) is 21.5 Å². The van der Waals surface area contributed by atoms with Crippen molar-refractivity contribution in [1.29, 1.82) is 0 Å². The maximum Gasteiger partial charge on any atom is 0.261 e. The molecule has 0 aliphatic rings. The Balaban J connectivity index is 1.65. The summed E-state index contributed by atoms with van der Waals surface area (Å²) < 4.78 is 38.7. The van der Waals surface area contributed by atoms with Crippen molar-refractivity contribution in [2.24, 2.45) is 0 Å². The smallest absolute Gasteiger partial charge is 0.261 e. The molecule has 2 radical (unpaired) electrons. The topological polar surface area (TPSA) is 106 Å². The molecule has 0 fully saturated rings. The molecule has 11 heteroatoms. The van der Waals surface area contributed by atoms with Crippen LogP contribution in [-0.2, 0) is 14.8 Å². The lowest BCUT2D eigenvalue weighted by atomic mass is 9.94. The second-order valence-electron chi connectivity index (χ2n) is 8.01. The molecule has 3 aromatic rings. The second-order valence-corrected chi connectivity index (χ2v) is 10.1. The molecule has 0 spiro atoms. The van der Waals surface area contributed by atoms with E-state index in [0.717, 1.165) is 11.1 Å². The van der Waals surface area contributed by atoms with E-state index in [1.165, 1.54) is 18.2 Å². The minimum absolute atomic E-state index is 0.0224. The van der Waals surface area contributed by atoms with Crippen molar-refractivity contribution in [2.75, 3.05) is 30.4 Å². The van der Waals surface area contributed by atoms with Crippen molar-refractivity contribution >= 4 is 57.9 Å². The average Bonchev–Trinajstić information content (AvgIpc) is 2.79. The van der Waals surface area contributed by atoms with Crippen molar-refractivity contribution in [3.63, 3.8) is 0 Å². The van der Waals surface area contributed by atoms with Crippen LogP contribution >= 0.6 is 12.2 Å². The molecule has 8 nitrogen and oxygen atoms in total. The lowest BCUT2D eigenvalue weighted by Gasteiger charge is -2.14. The number of nitrogens with one attached hydrogen (secondary N) is 3. The van der Waals surface area contributed by atoms with Gasteiger partial charge in [-0.3, -0.25) is 14.8 Å². The van der Waals surface area contributed by atoms with Crippen LogP contribution in [0.5, 0.6) is 5.75 Å². The Morgan fingerprint density at radius 3 is 2.25 bits per heavy atom. The Labute approximate surface area is 217 Å². The first kappa shape index (κ1) is 27.2. The summed E-state index contributed by atoms with van der Waals surface area (Å²) in [7, 11) is 3.59. The van der Waals surface area contributed by atoms with E-state index in [9.17, 15) is 13.2 Å². The molecule has 0 unspecified atom stereocenters. The number of ether oxygens (including phenoxy) is 2. The zero-order valence-electron chi connectivity index (χ0n) is 20.1. The molecule has 0 atom stereocenters. The minimum atomic E-state index is -3.78. The molecule has 0 aliphatic carbocycles. The van der Waals surface area contributed by atoms with Crippen LogP contribution in [0.3, 0.4) is 0 Å². The number of benzene rings is 3. The standard InChI is InChI=1S/C25H26BN3O5S2/c1-16-12-17(2)14-20(13-16)29-36(31,32)21-7-5-19(6-8-21)27-25(35)28-24(30)22-15-18(26)4-9-23(22)34-11-10-33-3/h4-9,12-15,29H,10-11H2,1-3H3,(H2,27,28,30,35). The van der Waals surface area contributed by atoms with Crippen LogP contribution in [0, 0.1) is 13.8 Å². The normalized spacial score (nSPS) is 11.0. The summed E-state index contributed by atoms with van der Waals surface area (Å²) in [5.74, 6) is -0.170. The third kappa shape index (κ3) is 7.55. The number of hydrogen-bond acceptors (Lipinski definition) is 6. The summed E-state index contributed by atoms with van der Waals surface area (Å²) in [5, 5.41) is 5.46. The predicted molar refractivity (Wildman–Crippen MR) is 146 cm³/mol. The number of methoxy groups -OCH3 is 1. The summed E-state index contributed by atoms with van der Waals surface area (Å²) in [6, 6.07) is 16.2. The summed E-state index contributed by atoms with van der Waals surface area (Å²) in [4.78, 5) is 12.8. The molecule has 0 saturated carbocycles. The number of aryl methyl sites for hydroxylation is 2. The van der Waals surface area contributed by atoms with Gasteiger partial charge in [-0.15, -0.1) is 0 Å². The van der Waals surface area contributed by atoms with E-state index in [1.54, 1.807) is 43.5 Å². The van der Waals surface area contributed by atoms with Crippen LogP contribution in [0.2, 0.25) is 0 Å². The van der Waals surface area contributed by atoms with Crippen LogP contribution < -0.4 is 25.6 Å². The highest BCUT2D eigenvalue weighted by molar-refractivity contribution is 7.92. The van der Waals surface area contributed by atoms with E-state index in [1.807, 2.05) is 19.9 Å². The van der Waals surface area contributed by atoms with Crippen molar-refractivity contribution < 1.29 is 22.7 Å². The van der Waals surface area contributed by atoms with Crippen molar-refractivity contribution in [3.05, 3.63) is 77.4 Å². The van der Waals surface area contributed by atoms with Gasteiger partial charge in [0.05, 0.1) is 17.1 Å². The fourth-order valence-corrected chi connectivity index (χ4v) is 4.63. The molecule has 1 amide bonds. The van der Waals surface area contributed by atoms with E-state index in [2.05, 4.69) is 15.4 Å². The van der Waals surface area contributed by atoms with E-state index >= 15 is 0 Å². The zero-order valence-corrected chi connectivity index (χ0v) is 21.8. The van der Waals surface area contributed by atoms with Gasteiger partial charge >= 0.3 is 0 Å². The first-order valence-corrected chi connectivity index (χ1v) is 12.8. The van der Waals surface area contributed by atoms with Gasteiger partial charge in [-0.25, -0.2) is 8.42 Å². The number of rotatable bonds is 9. The van der Waals surface area contributed by atoms with Crippen LogP contribution in [0.4, 0.5) is 11.4 Å². The Kier molecular flexibility index (Phi) is 9.08. The molecular weight excluding hydrogens is 497 g/mol. The molecule has 0 saturated heterocycles. The summed E-state index contributed by atoms with van der Waals surface area (Å²) >= 11 is 5.25. The monoisotopic (exact) mass is 523 g/mol. The van der Waals surface area contributed by atoms with E-state index in [0.29, 0.717) is 29.2 Å². The summed E-state index contributed by atoms with van der Waals surface area (Å²) in [5.41, 5.74) is 3.50. The molecule has 186 valence electrons. The molecule has 3 aromatic carbocycles. The molecular formula is C25H26BN3O5S2. The average molecular weight is 523 g/mol. The first-order valence-electron chi connectivity index (χ1n) is 10.9. The van der Waals surface area contributed by atoms with E-state index < -0.39 is 15.9 Å². The predicted octanol–water partition coefficient (Wildman–Crippen LogP) is 3.05. The minimum Gasteiger partial charge on any atom is -0.490 e. The fourth-order valence-electron chi connectivity index (χ4n) is 3.38. The number of sulfonamides is 1. The van der Waals surface area contributed by atoms with Gasteiger partial charge in [0.1, 0.15) is 20.2 Å². The molecule has 0 aliphatic heterocycles. The number of thiocarbonyl (C=S) groups is 1. The third-order valence-electron chi connectivity index (χ3n) is 4.92. The highest BCUT2D eigenvalue weighted by atomic mass is 32.2. The highest BCUT2D eigenvalue weighted by Crippen LogP contribution is 2.21. The number of anilines is 2. The fraction of sp³-hybridized carbons (Fsp3) is 0.200. The second kappa shape index (κ2) is 12.0. The van der Waals surface area contributed by atoms with Gasteiger partial charge in [-0.05, 0) is 79.7 Å². The van der Waals surface area contributed by atoms with Gasteiger partial charge in [0.25, 0.3) is 15.9 Å². The number of hydrogen-bond donors (Lipinski definition) is 3. The Morgan fingerprint density at radius 2 is 1.61 bits per heavy atom. The number of carbonyl (C=O) groups excluding carboxylic acids is 1. The Bertz CT molecular complexity index is 1340. The van der Waals surface area contributed by atoms with E-state index in [4.69, 9.17) is 29.5 Å². The van der Waals surface area contributed by atoms with Crippen molar-refractivity contribution in [3.8, 4) is 5.75 Å². The molecule has 36 heavy (non-hydrogen) atoms. The van der Waals surface area contributed by atoms with E-state index in [-0.39, 0.29) is 22.2 Å². The summed E-state index contributed by atoms with van der Waals surface area (Å²) in [6.07, 6.45) is 0. The Hall–Kier alpha value is -3.41. The number of carbonyl (C=O) groups is 1. The largest absolute Gasteiger partial charge is 0.490 e. The Morgan fingerprint density at radius 1 is 0.944 bits per heavy atom. The first-order chi connectivity index (χ1) is 17.1. The van der Waals surface area contributed by atoms with Crippen LogP contribution in [0.15, 0.2) is 65.6 Å². The summed E-state index contributed by atoms with van der Waals surface area (Å²) in [6.45, 7) is 4.41. The SMILES string of the molecule is [B]c1ccc(OCCOC)c(C(=O)NC(=S)Nc2ccc(S(=O)(=O)Nc3cc(C)cc(C)c3)cc2)c1. The van der Waals surface area contributed by atoms with Gasteiger partial charge in [-0.1, -0.05) is 23.7 Å². The van der Waals surface area contributed by atoms with Crippen LogP contribution in [0.25, 0.3) is 0 Å². The third-order valence-corrected chi connectivity index (χ3v) is 6.52. The van der Waals surface area contributed by atoms with Crippen molar-refractivity contribution in [1.82, 2.24) is 5.32 Å². The quantitative estimate of drug-likeness (QED) is 0.225. The number of amides is 1. The zero-order chi connectivity index (χ0) is 26.3. The maximum atomic E-state index is 12.8. The lowest BCUT2D eigenvalue weighted by molar-refractivity contribution is 0.0970. The highest BCUT2D eigenvalue weighted by Gasteiger charge is 2.16. The molecule has 3 N–H and O–H groups in total. The molecule has 3 rings (SSSR count). The molecule has 0 bridgehead atoms. The maximum absolute atomic E-state index is 12.8. The van der Waals surface area contributed by atoms with Gasteiger partial charge in [-0.2, -0.15) is 0 Å². The molecule has 0 aromatic heterocycles. The molecule has 0 heterocycles. The van der Waals surface area contributed by atoms with Crippen LogP contribution in [-0.4, -0.2) is 47.6 Å². The lowest BCUT2D eigenvalue weighted by Crippen LogP contribution is -2.34. The van der Waals surface area contributed by atoms with Gasteiger partial charge in [0.15, 0.2) is 5.11 Å². The van der Waals surface area contributed by atoms with Gasteiger partial charge < -0.3 is 14.8 Å². The van der Waals surface area contributed by atoms with Gasteiger partial charge in [0, 0.05) is 18.5 Å².